The molecule has 5 rings (SSSR count). The fraction of sp³-hybridized carbons (Fsp3) is 0.345. The van der Waals surface area contributed by atoms with Crippen molar-refractivity contribution in [2.45, 2.75) is 32.6 Å². The molecule has 1 aliphatic carbocycles. The summed E-state index contributed by atoms with van der Waals surface area (Å²) in [7, 11) is 1.72. The fourth-order valence-electron chi connectivity index (χ4n) is 5.56. The highest BCUT2D eigenvalue weighted by Crippen LogP contribution is 2.45. The van der Waals surface area contributed by atoms with Gasteiger partial charge in [0.2, 0.25) is 0 Å². The van der Waals surface area contributed by atoms with Gasteiger partial charge in [0.15, 0.2) is 0 Å². The van der Waals surface area contributed by atoms with Crippen LogP contribution in [0.1, 0.15) is 46.8 Å². The molecular weight excluding hydrogens is 458 g/mol. The van der Waals surface area contributed by atoms with Crippen LogP contribution in [0.2, 0.25) is 0 Å². The Morgan fingerprint density at radius 1 is 0.971 bits per heavy atom. The van der Waals surface area contributed by atoms with Crippen LogP contribution in [0.5, 0.6) is 5.75 Å². The molecule has 1 aliphatic heterocycles. The van der Waals surface area contributed by atoms with E-state index in [1.807, 2.05) is 12.1 Å². The topological polar surface area (TPSA) is 58.8 Å². The molecule has 1 fully saturated rings. The minimum atomic E-state index is -0.313. The van der Waals surface area contributed by atoms with Crippen molar-refractivity contribution < 1.29 is 9.53 Å². The summed E-state index contributed by atoms with van der Waals surface area (Å²) in [5.74, 6) is 0.582. The second-order valence-corrected chi connectivity index (χ2v) is 9.23. The molecule has 0 radical (unpaired) electrons. The SMILES string of the molecule is CCCCc1cc2c(c(N3CCN(c4ccccc4OC)CC3)c1C(N)=O)Cc1ccccc1-2.Cl. The molecule has 0 saturated carbocycles. The third-order valence-electron chi connectivity index (χ3n) is 7.23. The summed E-state index contributed by atoms with van der Waals surface area (Å²) in [5.41, 5.74) is 15.2. The molecule has 35 heavy (non-hydrogen) atoms. The molecule has 0 aromatic heterocycles. The number of methoxy groups -OCH3 is 1. The van der Waals surface area contributed by atoms with Crippen molar-refractivity contribution in [3.8, 4) is 16.9 Å². The van der Waals surface area contributed by atoms with Crippen LogP contribution in [0, 0.1) is 0 Å². The summed E-state index contributed by atoms with van der Waals surface area (Å²) in [4.78, 5) is 17.6. The molecule has 184 valence electrons. The Morgan fingerprint density at radius 3 is 2.37 bits per heavy atom. The van der Waals surface area contributed by atoms with Gasteiger partial charge < -0.3 is 20.3 Å². The molecule has 6 heteroatoms. The van der Waals surface area contributed by atoms with Gasteiger partial charge in [0.25, 0.3) is 5.91 Å². The highest BCUT2D eigenvalue weighted by Gasteiger charge is 2.31. The summed E-state index contributed by atoms with van der Waals surface area (Å²) in [5, 5.41) is 0. The van der Waals surface area contributed by atoms with Crippen molar-refractivity contribution in [2.75, 3.05) is 43.1 Å². The normalized spacial score (nSPS) is 14.2. The Kier molecular flexibility index (Phi) is 7.56. The van der Waals surface area contributed by atoms with Crippen LogP contribution < -0.4 is 20.3 Å². The monoisotopic (exact) mass is 491 g/mol. The molecule has 2 N–H and O–H groups in total. The van der Waals surface area contributed by atoms with Crippen LogP contribution in [0.15, 0.2) is 54.6 Å². The standard InChI is InChI=1S/C29H33N3O2.ClH/c1-3-4-9-21-19-23-22-11-6-5-10-20(22)18-24(23)28(27(21)29(30)33)32-16-14-31(15-17-32)25-12-7-8-13-26(25)34-2;/h5-8,10-13,19H,3-4,9,14-18H2,1-2H3,(H2,30,33);1H. The zero-order valence-electron chi connectivity index (χ0n) is 20.5. The van der Waals surface area contributed by atoms with Gasteiger partial charge in [0.05, 0.1) is 24.0 Å². The number of para-hydroxylation sites is 2. The van der Waals surface area contributed by atoms with Gasteiger partial charge in [-0.25, -0.2) is 0 Å². The summed E-state index contributed by atoms with van der Waals surface area (Å²) in [6.07, 6.45) is 3.85. The molecular formula is C29H34ClN3O2. The molecule has 3 aromatic carbocycles. The average Bonchev–Trinajstić information content (AvgIpc) is 3.24. The summed E-state index contributed by atoms with van der Waals surface area (Å²) in [6, 6.07) is 19.0. The van der Waals surface area contributed by atoms with Crippen LogP contribution in [0.25, 0.3) is 11.1 Å². The number of rotatable bonds is 7. The van der Waals surface area contributed by atoms with Crippen molar-refractivity contribution in [1.82, 2.24) is 0 Å². The third-order valence-corrected chi connectivity index (χ3v) is 7.23. The molecule has 2 aliphatic rings. The predicted octanol–water partition coefficient (Wildman–Crippen LogP) is 5.46. The second-order valence-electron chi connectivity index (χ2n) is 9.23. The van der Waals surface area contributed by atoms with E-state index in [1.54, 1.807) is 7.11 Å². The van der Waals surface area contributed by atoms with E-state index in [1.165, 1.54) is 22.3 Å². The number of halogens is 1. The second kappa shape index (κ2) is 10.6. The number of nitrogens with zero attached hydrogens (tertiary/aromatic N) is 2. The first-order valence-corrected chi connectivity index (χ1v) is 12.3. The summed E-state index contributed by atoms with van der Waals surface area (Å²) >= 11 is 0. The maximum Gasteiger partial charge on any atom is 0.251 e. The lowest BCUT2D eigenvalue weighted by molar-refractivity contribution is 0.0999. The zero-order chi connectivity index (χ0) is 23.7. The zero-order valence-corrected chi connectivity index (χ0v) is 21.4. The number of piperazine rings is 1. The van der Waals surface area contributed by atoms with Gasteiger partial charge in [0, 0.05) is 32.6 Å². The van der Waals surface area contributed by atoms with Crippen LogP contribution >= 0.6 is 12.4 Å². The van der Waals surface area contributed by atoms with Crippen molar-refractivity contribution >= 4 is 29.7 Å². The van der Waals surface area contributed by atoms with Gasteiger partial charge in [-0.15, -0.1) is 12.4 Å². The Morgan fingerprint density at radius 2 is 1.66 bits per heavy atom. The average molecular weight is 492 g/mol. The van der Waals surface area contributed by atoms with Gasteiger partial charge in [-0.05, 0) is 58.9 Å². The van der Waals surface area contributed by atoms with Gasteiger partial charge in [0.1, 0.15) is 5.75 Å². The molecule has 0 unspecified atom stereocenters. The molecule has 5 nitrogen and oxygen atoms in total. The molecule has 1 heterocycles. The van der Waals surface area contributed by atoms with E-state index in [9.17, 15) is 4.79 Å². The van der Waals surface area contributed by atoms with Crippen molar-refractivity contribution in [2.24, 2.45) is 5.73 Å². The lowest BCUT2D eigenvalue weighted by Crippen LogP contribution is -2.47. The lowest BCUT2D eigenvalue weighted by atomic mass is 9.91. The number of ether oxygens (including phenoxy) is 1. The number of anilines is 2. The Bertz CT molecular complexity index is 1220. The Hall–Kier alpha value is -3.18. The molecule has 3 aromatic rings. The van der Waals surface area contributed by atoms with Crippen LogP contribution in [0.3, 0.4) is 0 Å². The maximum atomic E-state index is 12.9. The number of hydrogen-bond acceptors (Lipinski definition) is 4. The number of carbonyl (C=O) groups excluding carboxylic acids is 1. The van der Waals surface area contributed by atoms with Crippen LogP contribution in [0.4, 0.5) is 11.4 Å². The minimum absolute atomic E-state index is 0. The fourth-order valence-corrected chi connectivity index (χ4v) is 5.56. The molecule has 0 spiro atoms. The van der Waals surface area contributed by atoms with Crippen molar-refractivity contribution in [3.63, 3.8) is 0 Å². The summed E-state index contributed by atoms with van der Waals surface area (Å²) in [6.45, 7) is 5.57. The number of primary amides is 1. The highest BCUT2D eigenvalue weighted by molar-refractivity contribution is 6.03. The first-order valence-electron chi connectivity index (χ1n) is 12.3. The van der Waals surface area contributed by atoms with E-state index >= 15 is 0 Å². The third kappa shape index (κ3) is 4.57. The Balaban J connectivity index is 0.00000289. The van der Waals surface area contributed by atoms with Crippen LogP contribution in [-0.4, -0.2) is 39.2 Å². The van der Waals surface area contributed by atoms with Gasteiger partial charge in [-0.1, -0.05) is 49.7 Å². The summed E-state index contributed by atoms with van der Waals surface area (Å²) < 4.78 is 5.59. The smallest absolute Gasteiger partial charge is 0.251 e. The number of benzene rings is 3. The molecule has 0 bridgehead atoms. The van der Waals surface area contributed by atoms with E-state index in [4.69, 9.17) is 10.5 Å². The number of hydrogen-bond donors (Lipinski definition) is 1. The van der Waals surface area contributed by atoms with Gasteiger partial charge >= 0.3 is 0 Å². The van der Waals surface area contributed by atoms with Crippen molar-refractivity contribution in [1.29, 1.82) is 0 Å². The maximum absolute atomic E-state index is 12.9. The van der Waals surface area contributed by atoms with E-state index in [2.05, 4.69) is 59.2 Å². The highest BCUT2D eigenvalue weighted by atomic mass is 35.5. The number of amides is 1. The molecule has 1 saturated heterocycles. The minimum Gasteiger partial charge on any atom is -0.495 e. The predicted molar refractivity (Wildman–Crippen MR) is 146 cm³/mol. The van der Waals surface area contributed by atoms with Gasteiger partial charge in [-0.3, -0.25) is 4.79 Å². The first-order chi connectivity index (χ1) is 16.6. The van der Waals surface area contributed by atoms with Crippen molar-refractivity contribution in [3.05, 3.63) is 76.9 Å². The Labute approximate surface area is 214 Å². The number of aryl methyl sites for hydroxylation is 1. The number of nitrogens with two attached hydrogens (primary N) is 1. The quantitative estimate of drug-likeness (QED) is 0.373. The number of fused-ring (bicyclic) bond motifs is 3. The molecule has 0 atom stereocenters. The largest absolute Gasteiger partial charge is 0.495 e. The van der Waals surface area contributed by atoms with Gasteiger partial charge in [-0.2, -0.15) is 0 Å². The number of carbonyl (C=O) groups is 1. The first kappa shape index (κ1) is 24.9. The van der Waals surface area contributed by atoms with E-state index in [0.717, 1.165) is 80.1 Å². The number of unbranched alkanes of at least 4 members (excludes halogenated alkanes) is 1. The molecule has 1 amide bonds. The van der Waals surface area contributed by atoms with Crippen LogP contribution in [-0.2, 0) is 12.8 Å². The van der Waals surface area contributed by atoms with E-state index < -0.39 is 0 Å². The van der Waals surface area contributed by atoms with E-state index in [0.29, 0.717) is 0 Å². The van der Waals surface area contributed by atoms with E-state index in [-0.39, 0.29) is 18.3 Å². The lowest BCUT2D eigenvalue weighted by Gasteiger charge is -2.39.